The molecule has 0 aliphatic carbocycles. The summed E-state index contributed by atoms with van der Waals surface area (Å²) in [4.78, 5) is 8.37. The smallest absolute Gasteiger partial charge is 0.0886 e. The summed E-state index contributed by atoms with van der Waals surface area (Å²) in [6, 6.07) is 11.6. The van der Waals surface area contributed by atoms with E-state index < -0.39 is 0 Å². The maximum Gasteiger partial charge on any atom is 0.0886 e. The second-order valence-electron chi connectivity index (χ2n) is 2.48. The summed E-state index contributed by atoms with van der Waals surface area (Å²) >= 11 is 0.569. The Bertz CT molecular complexity index is 332. The van der Waals surface area contributed by atoms with E-state index in [0.29, 0.717) is 12.7 Å². The molecule has 0 aliphatic heterocycles. The van der Waals surface area contributed by atoms with Crippen LogP contribution in [0.2, 0.25) is 0 Å². The summed E-state index contributed by atoms with van der Waals surface area (Å²) in [6.07, 6.45) is 3.54. The fraction of sp³-hybridized carbons (Fsp3) is 0. The van der Waals surface area contributed by atoms with Gasteiger partial charge in [-0.3, -0.25) is 9.97 Å². The van der Waals surface area contributed by atoms with E-state index in [2.05, 4.69) is 9.97 Å². The first-order valence-electron chi connectivity index (χ1n) is 4.03. The molecule has 15 heavy (non-hydrogen) atoms. The third-order valence-corrected chi connectivity index (χ3v) is 1.59. The zero-order chi connectivity index (χ0) is 10.9. The van der Waals surface area contributed by atoms with Crippen molar-refractivity contribution in [2.45, 2.75) is 0 Å². The summed E-state index contributed by atoms with van der Waals surface area (Å²) < 4.78 is 0. The molecule has 82 valence electrons. The van der Waals surface area contributed by atoms with Crippen LogP contribution >= 0.6 is 20.4 Å². The van der Waals surface area contributed by atoms with Crippen LogP contribution in [0.5, 0.6) is 0 Å². The Kier molecular flexibility index (Phi) is 6.34. The standard InChI is InChI=1S/C10H8N2.2ClH.Ni/c1-3-7-11-9(5-1)10-6-2-4-8-12-10;;;/h1-8H;2*1H;/q;;;+2/p-2. The topological polar surface area (TPSA) is 25.8 Å². The van der Waals surface area contributed by atoms with Gasteiger partial charge in [-0.15, -0.1) is 0 Å². The van der Waals surface area contributed by atoms with Gasteiger partial charge in [0, 0.05) is 12.4 Å². The predicted octanol–water partition coefficient (Wildman–Crippen LogP) is 3.52. The fourth-order valence-electron chi connectivity index (χ4n) is 1.03. The second-order valence-corrected chi connectivity index (χ2v) is 4.11. The Balaban J connectivity index is 0.000000337. The van der Waals surface area contributed by atoms with Gasteiger partial charge in [-0.25, -0.2) is 0 Å². The molecule has 0 radical (unpaired) electrons. The van der Waals surface area contributed by atoms with Gasteiger partial charge in [-0.1, -0.05) is 12.1 Å². The molecule has 0 saturated heterocycles. The van der Waals surface area contributed by atoms with Gasteiger partial charge in [-0.2, -0.15) is 0 Å². The van der Waals surface area contributed by atoms with E-state index in [0.717, 1.165) is 11.4 Å². The third-order valence-electron chi connectivity index (χ3n) is 1.59. The summed E-state index contributed by atoms with van der Waals surface area (Å²) in [5.74, 6) is 0. The van der Waals surface area contributed by atoms with Crippen LogP contribution in [0.15, 0.2) is 48.8 Å². The van der Waals surface area contributed by atoms with Gasteiger partial charge in [0.05, 0.1) is 11.4 Å². The van der Waals surface area contributed by atoms with Gasteiger partial charge < -0.3 is 0 Å². The molecule has 2 rings (SSSR count). The van der Waals surface area contributed by atoms with E-state index in [1.807, 2.05) is 36.4 Å². The van der Waals surface area contributed by atoms with E-state index >= 15 is 0 Å². The molecule has 0 aromatic carbocycles. The van der Waals surface area contributed by atoms with E-state index in [4.69, 9.17) is 20.4 Å². The van der Waals surface area contributed by atoms with Crippen LogP contribution in [-0.2, 0) is 12.7 Å². The van der Waals surface area contributed by atoms with Crippen molar-refractivity contribution in [3.05, 3.63) is 48.8 Å². The van der Waals surface area contributed by atoms with Crippen molar-refractivity contribution in [2.75, 3.05) is 0 Å². The zero-order valence-corrected chi connectivity index (χ0v) is 10.1. The Morgan fingerprint density at radius 1 is 0.800 bits per heavy atom. The quantitative estimate of drug-likeness (QED) is 0.749. The SMILES string of the molecule is [Cl][Ni][Cl].c1ccc(-c2ccccn2)nc1. The molecule has 2 aromatic rings. The second kappa shape index (κ2) is 7.64. The average molecular weight is 286 g/mol. The number of hydrogen-bond acceptors (Lipinski definition) is 2. The summed E-state index contributed by atoms with van der Waals surface area (Å²) in [7, 11) is 9.40. The molecule has 0 saturated carbocycles. The van der Waals surface area contributed by atoms with Crippen molar-refractivity contribution in [1.29, 1.82) is 0 Å². The largest absolute Gasteiger partial charge is 0.255 e. The summed E-state index contributed by atoms with van der Waals surface area (Å²) in [5.41, 5.74) is 1.83. The molecule has 0 bridgehead atoms. The van der Waals surface area contributed by atoms with E-state index in [1.54, 1.807) is 12.4 Å². The number of halogens is 2. The molecule has 0 spiro atoms. The van der Waals surface area contributed by atoms with Gasteiger partial charge in [0.25, 0.3) is 0 Å². The molecule has 5 heteroatoms. The first-order chi connectivity index (χ1) is 7.38. The van der Waals surface area contributed by atoms with Gasteiger partial charge in [0.2, 0.25) is 0 Å². The molecule has 0 fully saturated rings. The number of nitrogens with zero attached hydrogens (tertiary/aromatic N) is 2. The van der Waals surface area contributed by atoms with Gasteiger partial charge in [-0.05, 0) is 24.3 Å². The number of aromatic nitrogens is 2. The molecular formula is C10H8Cl2N2Ni. The van der Waals surface area contributed by atoms with Crippen molar-refractivity contribution in [1.82, 2.24) is 9.97 Å². The summed E-state index contributed by atoms with van der Waals surface area (Å²) in [6.45, 7) is 0. The van der Waals surface area contributed by atoms with Gasteiger partial charge >= 0.3 is 33.0 Å². The van der Waals surface area contributed by atoms with Crippen molar-refractivity contribution in [2.24, 2.45) is 0 Å². The van der Waals surface area contributed by atoms with Crippen molar-refractivity contribution in [3.8, 4) is 11.4 Å². The minimum absolute atomic E-state index is 0.569. The normalized spacial score (nSPS) is 9.20. The Hall–Kier alpha value is -0.626. The third kappa shape index (κ3) is 4.61. The number of pyridine rings is 2. The van der Waals surface area contributed by atoms with E-state index in [-0.39, 0.29) is 0 Å². The van der Waals surface area contributed by atoms with Crippen LogP contribution in [0.4, 0.5) is 0 Å². The van der Waals surface area contributed by atoms with Crippen LogP contribution in [-0.4, -0.2) is 9.97 Å². The first-order valence-corrected chi connectivity index (χ1v) is 6.75. The first kappa shape index (κ1) is 12.4. The van der Waals surface area contributed by atoms with Crippen LogP contribution in [0.25, 0.3) is 11.4 Å². The molecule has 0 aliphatic rings. The van der Waals surface area contributed by atoms with Crippen molar-refractivity contribution >= 4 is 20.4 Å². The van der Waals surface area contributed by atoms with Crippen LogP contribution in [0, 0.1) is 0 Å². The number of hydrogen-bond donors (Lipinski definition) is 0. The van der Waals surface area contributed by atoms with E-state index in [9.17, 15) is 0 Å². The van der Waals surface area contributed by atoms with Crippen LogP contribution < -0.4 is 0 Å². The number of rotatable bonds is 1. The summed E-state index contributed by atoms with van der Waals surface area (Å²) in [5, 5.41) is 0. The van der Waals surface area contributed by atoms with Crippen LogP contribution in [0.3, 0.4) is 0 Å². The average Bonchev–Trinajstić information content (AvgIpc) is 2.32. The van der Waals surface area contributed by atoms with Gasteiger partial charge in [0.1, 0.15) is 0 Å². The van der Waals surface area contributed by atoms with Crippen molar-refractivity contribution in [3.63, 3.8) is 0 Å². The molecule has 0 N–H and O–H groups in total. The molecule has 2 nitrogen and oxygen atoms in total. The molecule has 2 aromatic heterocycles. The fourth-order valence-corrected chi connectivity index (χ4v) is 1.03. The van der Waals surface area contributed by atoms with Crippen molar-refractivity contribution < 1.29 is 12.7 Å². The molecule has 2 heterocycles. The van der Waals surface area contributed by atoms with Gasteiger partial charge in [0.15, 0.2) is 0 Å². The molecule has 0 amide bonds. The predicted molar refractivity (Wildman–Crippen MR) is 59.2 cm³/mol. The van der Waals surface area contributed by atoms with Crippen LogP contribution in [0.1, 0.15) is 0 Å². The monoisotopic (exact) mass is 284 g/mol. The minimum atomic E-state index is 0.569. The molecular weight excluding hydrogens is 278 g/mol. The minimum Gasteiger partial charge on any atom is -0.255 e. The zero-order valence-electron chi connectivity index (χ0n) is 7.59. The Morgan fingerprint density at radius 2 is 1.20 bits per heavy atom. The Morgan fingerprint density at radius 3 is 1.47 bits per heavy atom. The van der Waals surface area contributed by atoms with E-state index in [1.165, 1.54) is 0 Å². The maximum absolute atomic E-state index is 4.70. The molecule has 0 atom stereocenters. The maximum atomic E-state index is 4.70. The molecule has 0 unspecified atom stereocenters. The Labute approximate surface area is 103 Å².